The minimum atomic E-state index is 0.810. The molecule has 0 N–H and O–H groups in total. The summed E-state index contributed by atoms with van der Waals surface area (Å²) in [6, 6.07) is 0. The summed E-state index contributed by atoms with van der Waals surface area (Å²) in [6.07, 6.45) is 5.73. The fourth-order valence-corrected chi connectivity index (χ4v) is 3.50. The molecule has 2 fully saturated rings. The molecule has 0 aromatic heterocycles. The summed E-state index contributed by atoms with van der Waals surface area (Å²) >= 11 is 3.75. The van der Waals surface area contributed by atoms with Gasteiger partial charge >= 0.3 is 0 Å². The van der Waals surface area contributed by atoms with Crippen molar-refractivity contribution < 1.29 is 0 Å². The first-order valence-corrected chi connectivity index (χ1v) is 6.00. The van der Waals surface area contributed by atoms with Crippen LogP contribution in [0.4, 0.5) is 0 Å². The highest BCUT2D eigenvalue weighted by Gasteiger charge is 2.32. The second kappa shape index (κ2) is 3.67. The number of fused-ring (bicyclic) bond motifs is 1. The first-order chi connectivity index (χ1) is 5.75. The molecule has 0 bridgehead atoms. The maximum atomic E-state index is 3.75. The smallest absolute Gasteiger partial charge is 0.0149 e. The molecule has 70 valence electrons. The van der Waals surface area contributed by atoms with Gasteiger partial charge in [0.15, 0.2) is 0 Å². The van der Waals surface area contributed by atoms with Crippen molar-refractivity contribution in [2.24, 2.45) is 11.8 Å². The predicted octanol–water partition coefficient (Wildman–Crippen LogP) is 2.50. The molecule has 3 atom stereocenters. The number of piperidine rings is 1. The van der Waals surface area contributed by atoms with Gasteiger partial charge in [-0.1, -0.05) is 15.9 Å². The van der Waals surface area contributed by atoms with Crippen LogP contribution < -0.4 is 0 Å². The van der Waals surface area contributed by atoms with E-state index in [1.54, 1.807) is 0 Å². The number of hydrogen-bond acceptors (Lipinski definition) is 1. The Hall–Kier alpha value is 0.440. The highest BCUT2D eigenvalue weighted by atomic mass is 79.9. The first kappa shape index (κ1) is 9.01. The summed E-state index contributed by atoms with van der Waals surface area (Å²) < 4.78 is 0. The number of alkyl halides is 1. The number of hydrogen-bond donors (Lipinski definition) is 0. The lowest BCUT2D eigenvalue weighted by Crippen LogP contribution is -2.41. The molecule has 0 radical (unpaired) electrons. The zero-order valence-corrected chi connectivity index (χ0v) is 9.39. The van der Waals surface area contributed by atoms with Crippen molar-refractivity contribution in [2.45, 2.75) is 30.5 Å². The average molecular weight is 232 g/mol. The highest BCUT2D eigenvalue weighted by molar-refractivity contribution is 9.09. The molecule has 0 spiro atoms. The van der Waals surface area contributed by atoms with Crippen molar-refractivity contribution in [1.82, 2.24) is 4.90 Å². The van der Waals surface area contributed by atoms with E-state index in [-0.39, 0.29) is 0 Å². The molecule has 0 aromatic carbocycles. The molecule has 1 nitrogen and oxygen atoms in total. The van der Waals surface area contributed by atoms with Crippen molar-refractivity contribution in [1.29, 1.82) is 0 Å². The molecule has 1 unspecified atom stereocenters. The molecule has 1 heterocycles. The standard InChI is InChI=1S/C10H18BrN/c1-12-5-4-8-2-3-10(11)6-9(8)7-12/h8-10H,2-7H2,1H3/t8-,9?,10+/m1/s1. The maximum Gasteiger partial charge on any atom is 0.0149 e. The van der Waals surface area contributed by atoms with Gasteiger partial charge in [0, 0.05) is 11.4 Å². The molecular formula is C10H18BrN. The fraction of sp³-hybridized carbons (Fsp3) is 1.00. The normalized spacial score (nSPS) is 44.0. The van der Waals surface area contributed by atoms with Gasteiger partial charge in [-0.2, -0.15) is 0 Å². The molecule has 12 heavy (non-hydrogen) atoms. The van der Waals surface area contributed by atoms with E-state index in [9.17, 15) is 0 Å². The SMILES string of the molecule is CN1CC[C@H]2CC[C@H](Br)CC2C1. The Morgan fingerprint density at radius 3 is 2.83 bits per heavy atom. The molecule has 1 saturated heterocycles. The van der Waals surface area contributed by atoms with Crippen LogP contribution in [0, 0.1) is 11.8 Å². The van der Waals surface area contributed by atoms with Crippen molar-refractivity contribution in [3.8, 4) is 0 Å². The van der Waals surface area contributed by atoms with Crippen LogP contribution in [-0.4, -0.2) is 29.9 Å². The fourth-order valence-electron chi connectivity index (χ4n) is 2.75. The molecule has 0 aromatic rings. The lowest BCUT2D eigenvalue weighted by Gasteiger charge is -2.41. The van der Waals surface area contributed by atoms with Gasteiger partial charge in [0.1, 0.15) is 0 Å². The van der Waals surface area contributed by atoms with Gasteiger partial charge in [-0.3, -0.25) is 0 Å². The number of halogens is 1. The summed E-state index contributed by atoms with van der Waals surface area (Å²) in [5.41, 5.74) is 0. The van der Waals surface area contributed by atoms with E-state index in [1.165, 1.54) is 38.8 Å². The topological polar surface area (TPSA) is 3.24 Å². The summed E-state index contributed by atoms with van der Waals surface area (Å²) in [7, 11) is 2.26. The Labute approximate surface area is 83.6 Å². The van der Waals surface area contributed by atoms with Gasteiger partial charge < -0.3 is 4.90 Å². The second-order valence-electron chi connectivity index (χ2n) is 4.48. The van der Waals surface area contributed by atoms with Crippen LogP contribution in [0.15, 0.2) is 0 Å². The molecule has 2 heteroatoms. The van der Waals surface area contributed by atoms with Gasteiger partial charge in [-0.15, -0.1) is 0 Å². The Morgan fingerprint density at radius 2 is 2.00 bits per heavy atom. The first-order valence-electron chi connectivity index (χ1n) is 5.08. The monoisotopic (exact) mass is 231 g/mol. The van der Waals surface area contributed by atoms with Gasteiger partial charge in [0.05, 0.1) is 0 Å². The minimum Gasteiger partial charge on any atom is -0.306 e. The highest BCUT2D eigenvalue weighted by Crippen LogP contribution is 2.38. The van der Waals surface area contributed by atoms with E-state index < -0.39 is 0 Å². The van der Waals surface area contributed by atoms with Gasteiger partial charge in [0.2, 0.25) is 0 Å². The molecule has 1 aliphatic carbocycles. The van der Waals surface area contributed by atoms with Crippen molar-refractivity contribution in [3.63, 3.8) is 0 Å². The zero-order valence-electron chi connectivity index (χ0n) is 7.80. The van der Waals surface area contributed by atoms with Gasteiger partial charge in [-0.05, 0) is 51.1 Å². The third-order valence-electron chi connectivity index (χ3n) is 3.50. The maximum absolute atomic E-state index is 3.75. The van der Waals surface area contributed by atoms with Crippen molar-refractivity contribution in [3.05, 3.63) is 0 Å². The minimum absolute atomic E-state index is 0.810. The number of nitrogens with zero attached hydrogens (tertiary/aromatic N) is 1. The third kappa shape index (κ3) is 1.85. The van der Waals surface area contributed by atoms with E-state index >= 15 is 0 Å². The summed E-state index contributed by atoms with van der Waals surface area (Å²) in [4.78, 5) is 3.30. The summed E-state index contributed by atoms with van der Waals surface area (Å²) in [6.45, 7) is 2.67. The van der Waals surface area contributed by atoms with Crippen molar-refractivity contribution in [2.75, 3.05) is 20.1 Å². The zero-order chi connectivity index (χ0) is 8.55. The largest absolute Gasteiger partial charge is 0.306 e. The van der Waals surface area contributed by atoms with Gasteiger partial charge in [0.25, 0.3) is 0 Å². The van der Waals surface area contributed by atoms with E-state index in [0.717, 1.165) is 16.7 Å². The quantitative estimate of drug-likeness (QED) is 0.580. The van der Waals surface area contributed by atoms with Crippen LogP contribution in [0.1, 0.15) is 25.7 Å². The van der Waals surface area contributed by atoms with E-state index in [0.29, 0.717) is 0 Å². The van der Waals surface area contributed by atoms with E-state index in [2.05, 4.69) is 27.9 Å². The second-order valence-corrected chi connectivity index (χ2v) is 5.78. The van der Waals surface area contributed by atoms with Crippen LogP contribution in [-0.2, 0) is 0 Å². The third-order valence-corrected chi connectivity index (χ3v) is 4.34. The van der Waals surface area contributed by atoms with Crippen LogP contribution >= 0.6 is 15.9 Å². The van der Waals surface area contributed by atoms with Crippen molar-refractivity contribution >= 4 is 15.9 Å². The Bertz CT molecular complexity index is 144. The number of likely N-dealkylation sites (tertiary alicyclic amines) is 1. The lowest BCUT2D eigenvalue weighted by atomic mass is 9.75. The van der Waals surface area contributed by atoms with Crippen LogP contribution in [0.3, 0.4) is 0 Å². The van der Waals surface area contributed by atoms with Crippen LogP contribution in [0.25, 0.3) is 0 Å². The predicted molar refractivity (Wildman–Crippen MR) is 55.7 cm³/mol. The molecular weight excluding hydrogens is 214 g/mol. The molecule has 2 rings (SSSR count). The molecule has 2 aliphatic rings. The summed E-state index contributed by atoms with van der Waals surface area (Å²) in [5.74, 6) is 2.04. The summed E-state index contributed by atoms with van der Waals surface area (Å²) in [5, 5.41) is 0. The average Bonchev–Trinajstić information content (AvgIpc) is 2.03. The lowest BCUT2D eigenvalue weighted by molar-refractivity contribution is 0.108. The van der Waals surface area contributed by atoms with Crippen LogP contribution in [0.2, 0.25) is 0 Å². The van der Waals surface area contributed by atoms with Crippen LogP contribution in [0.5, 0.6) is 0 Å². The molecule has 1 saturated carbocycles. The van der Waals surface area contributed by atoms with E-state index in [1.807, 2.05) is 0 Å². The Balaban J connectivity index is 1.94. The Kier molecular flexibility index (Phi) is 2.75. The van der Waals surface area contributed by atoms with Gasteiger partial charge in [-0.25, -0.2) is 0 Å². The number of rotatable bonds is 0. The molecule has 1 aliphatic heterocycles. The molecule has 0 amide bonds. The van der Waals surface area contributed by atoms with E-state index in [4.69, 9.17) is 0 Å². The Morgan fingerprint density at radius 1 is 1.17 bits per heavy atom.